The number of amides is 2. The van der Waals surface area contributed by atoms with Gasteiger partial charge in [-0.15, -0.1) is 22.9 Å². The maximum atomic E-state index is 11.9. The third kappa shape index (κ3) is 9.20. The fraction of sp³-hybridized carbons (Fsp3) is 0.0500. The summed E-state index contributed by atoms with van der Waals surface area (Å²) in [5.41, 5.74) is 7.21. The molecule has 0 bridgehead atoms. The summed E-state index contributed by atoms with van der Waals surface area (Å²) in [5.74, 6) is 0. The molecule has 0 saturated carbocycles. The van der Waals surface area contributed by atoms with Crippen molar-refractivity contribution in [2.75, 3.05) is 5.32 Å². The molecule has 0 fully saturated rings. The van der Waals surface area contributed by atoms with Crippen molar-refractivity contribution >= 4 is 55.2 Å². The molecule has 0 spiro atoms. The van der Waals surface area contributed by atoms with Crippen molar-refractivity contribution in [2.45, 2.75) is 11.8 Å². The number of nitrogens with two attached hydrogens (primary N) is 1. The number of hydrogen-bond donors (Lipinski definition) is 3. The largest absolute Gasteiger partial charge is 0.425 e. The van der Waals surface area contributed by atoms with Gasteiger partial charge in [-0.2, -0.15) is 18.6 Å². The highest BCUT2D eigenvalue weighted by molar-refractivity contribution is 7.86. The summed E-state index contributed by atoms with van der Waals surface area (Å²) in [6.07, 6.45) is 0. The van der Waals surface area contributed by atoms with Crippen LogP contribution < -0.4 is 11.1 Å². The Morgan fingerprint density at radius 3 is 2.03 bits per heavy atom. The number of aryl methyl sites for hydroxylation is 1. The monoisotopic (exact) mass is 518 g/mol. The Morgan fingerprint density at radius 2 is 1.43 bits per heavy atom. The molecule has 0 saturated heterocycles. The van der Waals surface area contributed by atoms with Crippen LogP contribution in [0.15, 0.2) is 92.1 Å². The number of nitrogens with zero attached hydrogens (tertiary/aromatic N) is 4. The SMILES string of the molecule is Cc1ccc(N=Nc2ccc(N=Nc3ccccc3)cc2S(=O)(=O)O)c(NC(N)=O)c1.O=S(=O)=O. The maximum absolute atomic E-state index is 11.9. The summed E-state index contributed by atoms with van der Waals surface area (Å²) in [6, 6.07) is 17.0. The van der Waals surface area contributed by atoms with Gasteiger partial charge in [0, 0.05) is 0 Å². The van der Waals surface area contributed by atoms with Crippen molar-refractivity contribution in [1.82, 2.24) is 0 Å². The highest BCUT2D eigenvalue weighted by Gasteiger charge is 2.17. The summed E-state index contributed by atoms with van der Waals surface area (Å²) in [7, 11) is -7.74. The molecule has 2 amide bonds. The highest BCUT2D eigenvalue weighted by Crippen LogP contribution is 2.33. The second-order valence-corrected chi connectivity index (χ2v) is 8.37. The normalized spacial score (nSPS) is 11.1. The van der Waals surface area contributed by atoms with Gasteiger partial charge in [-0.3, -0.25) is 4.55 Å². The zero-order valence-corrected chi connectivity index (χ0v) is 19.6. The molecular formula is C20H18N6O7S2. The third-order valence-electron chi connectivity index (χ3n) is 3.93. The Hall–Kier alpha value is -4.34. The van der Waals surface area contributed by atoms with Gasteiger partial charge in [-0.1, -0.05) is 24.3 Å². The van der Waals surface area contributed by atoms with Gasteiger partial charge in [0.15, 0.2) is 0 Å². The van der Waals surface area contributed by atoms with Gasteiger partial charge >= 0.3 is 16.6 Å². The van der Waals surface area contributed by atoms with Crippen LogP contribution in [0.5, 0.6) is 0 Å². The molecule has 0 aliphatic heterocycles. The molecule has 0 aliphatic rings. The van der Waals surface area contributed by atoms with Crippen LogP contribution in [0, 0.1) is 6.92 Å². The molecule has 4 N–H and O–H groups in total. The van der Waals surface area contributed by atoms with Crippen LogP contribution in [0.4, 0.5) is 33.2 Å². The molecule has 0 heterocycles. The number of benzene rings is 3. The van der Waals surface area contributed by atoms with E-state index in [0.717, 1.165) is 11.6 Å². The van der Waals surface area contributed by atoms with Crippen LogP contribution in [-0.4, -0.2) is 31.6 Å². The number of nitrogens with one attached hydrogen (secondary N) is 1. The molecule has 13 nitrogen and oxygen atoms in total. The number of rotatable bonds is 6. The summed E-state index contributed by atoms with van der Waals surface area (Å²) in [4.78, 5) is 10.7. The molecule has 35 heavy (non-hydrogen) atoms. The van der Waals surface area contributed by atoms with Crippen molar-refractivity contribution < 1.29 is 30.4 Å². The first-order valence-electron chi connectivity index (χ1n) is 9.39. The van der Waals surface area contributed by atoms with E-state index in [0.29, 0.717) is 11.4 Å². The van der Waals surface area contributed by atoms with E-state index in [1.54, 1.807) is 42.5 Å². The van der Waals surface area contributed by atoms with Gasteiger partial charge in [-0.05, 0) is 55.0 Å². The lowest BCUT2D eigenvalue weighted by Crippen LogP contribution is -2.19. The first kappa shape index (κ1) is 26.9. The smallest absolute Gasteiger partial charge is 0.351 e. The van der Waals surface area contributed by atoms with Crippen LogP contribution in [-0.2, 0) is 20.7 Å². The number of primary amides is 1. The number of anilines is 1. The molecule has 0 atom stereocenters. The first-order valence-corrected chi connectivity index (χ1v) is 11.8. The van der Waals surface area contributed by atoms with E-state index in [4.69, 9.17) is 18.4 Å². The van der Waals surface area contributed by atoms with Gasteiger partial charge in [-0.25, -0.2) is 4.79 Å². The Morgan fingerprint density at radius 1 is 0.857 bits per heavy atom. The zero-order valence-electron chi connectivity index (χ0n) is 17.9. The van der Waals surface area contributed by atoms with E-state index in [-0.39, 0.29) is 17.1 Å². The van der Waals surface area contributed by atoms with E-state index < -0.39 is 31.7 Å². The topological polar surface area (TPSA) is 210 Å². The predicted molar refractivity (Wildman–Crippen MR) is 125 cm³/mol. The molecular weight excluding hydrogens is 500 g/mol. The van der Waals surface area contributed by atoms with E-state index in [2.05, 4.69) is 25.8 Å². The number of carbonyl (C=O) groups excluding carboxylic acids is 1. The summed E-state index contributed by atoms with van der Waals surface area (Å²) in [5, 5.41) is 18.3. The molecule has 0 unspecified atom stereocenters. The summed E-state index contributed by atoms with van der Waals surface area (Å²) < 4.78 is 58.7. The predicted octanol–water partition coefficient (Wildman–Crippen LogP) is 4.56. The van der Waals surface area contributed by atoms with Gasteiger partial charge in [0.2, 0.25) is 0 Å². The first-order chi connectivity index (χ1) is 16.5. The van der Waals surface area contributed by atoms with E-state index in [9.17, 15) is 17.8 Å². The molecule has 0 radical (unpaired) electrons. The second-order valence-electron chi connectivity index (χ2n) is 6.58. The van der Waals surface area contributed by atoms with Gasteiger partial charge in [0.1, 0.15) is 16.3 Å². The fourth-order valence-electron chi connectivity index (χ4n) is 2.54. The molecule has 15 heteroatoms. The average molecular weight is 519 g/mol. The maximum Gasteiger partial charge on any atom is 0.425 e. The lowest BCUT2D eigenvalue weighted by atomic mass is 10.2. The zero-order chi connectivity index (χ0) is 26.0. The van der Waals surface area contributed by atoms with Crippen LogP contribution in [0.1, 0.15) is 5.56 Å². The van der Waals surface area contributed by atoms with Crippen molar-refractivity contribution in [3.05, 3.63) is 72.3 Å². The molecule has 0 aliphatic carbocycles. The fourth-order valence-corrected chi connectivity index (χ4v) is 3.18. The average Bonchev–Trinajstić information content (AvgIpc) is 2.77. The Labute approximate surface area is 201 Å². The van der Waals surface area contributed by atoms with Gasteiger partial charge in [0.25, 0.3) is 10.1 Å². The highest BCUT2D eigenvalue weighted by atomic mass is 32.2. The number of urea groups is 1. The minimum Gasteiger partial charge on any atom is -0.351 e. The quantitative estimate of drug-likeness (QED) is 0.312. The Balaban J connectivity index is 0.00000100. The van der Waals surface area contributed by atoms with Crippen LogP contribution in [0.2, 0.25) is 0 Å². The molecule has 3 aromatic carbocycles. The standard InChI is InChI=1S/C20H18N6O4S.O3S/c1-13-7-9-16(18(11-13)22-20(21)27)25-26-17-10-8-15(12-19(17)31(28,29)30)24-23-14-5-3-2-4-6-14;1-4(2)3/h2-12H,1H3,(H3,21,22,27)(H,28,29,30);. The number of hydrogen-bond acceptors (Lipinski definition) is 10. The Bertz CT molecular complexity index is 1480. The van der Waals surface area contributed by atoms with Gasteiger partial charge in [0.05, 0.1) is 17.1 Å². The molecule has 182 valence electrons. The van der Waals surface area contributed by atoms with Crippen LogP contribution >= 0.6 is 0 Å². The van der Waals surface area contributed by atoms with Gasteiger partial charge < -0.3 is 11.1 Å². The minimum atomic E-state index is -4.62. The van der Waals surface area contributed by atoms with E-state index in [1.807, 2.05) is 13.0 Å². The number of carbonyl (C=O) groups is 1. The summed E-state index contributed by atoms with van der Waals surface area (Å²) in [6.45, 7) is 1.81. The van der Waals surface area contributed by atoms with Crippen LogP contribution in [0.25, 0.3) is 0 Å². The van der Waals surface area contributed by atoms with Crippen molar-refractivity contribution in [3.63, 3.8) is 0 Å². The van der Waals surface area contributed by atoms with E-state index in [1.165, 1.54) is 12.1 Å². The molecule has 3 aromatic rings. The third-order valence-corrected chi connectivity index (χ3v) is 4.82. The molecule has 3 rings (SSSR count). The minimum absolute atomic E-state index is 0.119. The van der Waals surface area contributed by atoms with Crippen molar-refractivity contribution in [2.24, 2.45) is 26.2 Å². The molecule has 0 aromatic heterocycles. The second kappa shape index (κ2) is 12.2. The summed E-state index contributed by atoms with van der Waals surface area (Å²) >= 11 is 0. The van der Waals surface area contributed by atoms with Crippen molar-refractivity contribution in [1.29, 1.82) is 0 Å². The Kier molecular flexibility index (Phi) is 9.39. The lowest BCUT2D eigenvalue weighted by Gasteiger charge is -2.07. The lowest BCUT2D eigenvalue weighted by molar-refractivity contribution is 0.259. The van der Waals surface area contributed by atoms with Crippen LogP contribution in [0.3, 0.4) is 0 Å². The van der Waals surface area contributed by atoms with E-state index >= 15 is 0 Å². The number of azo groups is 2. The van der Waals surface area contributed by atoms with Crippen molar-refractivity contribution in [3.8, 4) is 0 Å².